The van der Waals surface area contributed by atoms with Gasteiger partial charge >= 0.3 is 0 Å². The molecule has 0 atom stereocenters. The highest BCUT2D eigenvalue weighted by Crippen LogP contribution is 2.47. The van der Waals surface area contributed by atoms with Gasteiger partial charge in [-0.25, -0.2) is 4.99 Å². The Kier molecular flexibility index (Phi) is 9.12. The molecule has 1 fully saturated rings. The Bertz CT molecular complexity index is 2270. The molecular formula is C44H48N2O4. The number of aromatic nitrogens is 1. The van der Waals surface area contributed by atoms with Crippen molar-refractivity contribution in [3.63, 3.8) is 0 Å². The standard InChI is InChI=1S/C44H48N2O4/c1-43(2)25-37-39(29-17-9-11-19-35(29)45-37)27(15-7-5-13-21-47)33(43)23-31-41(49)32(42(31)50)24-34-28(16-8-6-14-22-48)40-30-18-10-12-20-36(30)46-38(40)26-44(34,3)4/h9-12,17-20,23-26,31,45,47-48H,5-8,13-16,21-22H2,1-4H3/b32-24?,33-23-. The Morgan fingerprint density at radius 2 is 1.44 bits per heavy atom. The fourth-order valence-corrected chi connectivity index (χ4v) is 8.42. The highest BCUT2D eigenvalue weighted by Gasteiger charge is 2.45. The molecule has 0 bridgehead atoms. The lowest BCUT2D eigenvalue weighted by molar-refractivity contribution is -0.134. The number of nitrogens with one attached hydrogen (secondary N) is 1. The summed E-state index contributed by atoms with van der Waals surface area (Å²) in [7, 11) is 0. The van der Waals surface area contributed by atoms with Gasteiger partial charge in [0.25, 0.3) is 0 Å². The van der Waals surface area contributed by atoms with Crippen molar-refractivity contribution in [2.24, 2.45) is 21.7 Å². The van der Waals surface area contributed by atoms with E-state index in [4.69, 9.17) is 4.99 Å². The first-order valence-corrected chi connectivity index (χ1v) is 18.3. The zero-order chi connectivity index (χ0) is 35.2. The van der Waals surface area contributed by atoms with Crippen LogP contribution in [-0.2, 0) is 9.59 Å². The van der Waals surface area contributed by atoms with Gasteiger partial charge in [-0.3, -0.25) is 9.59 Å². The molecule has 7 rings (SSSR count). The number of Topliss-reactive ketones (excluding diaryl/α,β-unsaturated/α-hetero) is 2. The second-order valence-electron chi connectivity index (χ2n) is 15.4. The molecule has 1 aromatic heterocycles. The summed E-state index contributed by atoms with van der Waals surface area (Å²) in [5.74, 6) is -1.06. The van der Waals surface area contributed by atoms with Crippen molar-refractivity contribution < 1.29 is 19.8 Å². The van der Waals surface area contributed by atoms with Gasteiger partial charge in [0.1, 0.15) is 5.92 Å². The second-order valence-corrected chi connectivity index (χ2v) is 15.4. The quantitative estimate of drug-likeness (QED) is 0.102. The maximum atomic E-state index is 14.1. The molecule has 0 spiro atoms. The van der Waals surface area contributed by atoms with Gasteiger partial charge in [0.05, 0.1) is 16.6 Å². The van der Waals surface area contributed by atoms with Crippen LogP contribution < -0.4 is 21.1 Å². The second kappa shape index (κ2) is 13.4. The summed E-state index contributed by atoms with van der Waals surface area (Å²) in [6.07, 6.45) is 14.9. The topological polar surface area (TPSA) is 103 Å². The molecule has 50 heavy (non-hydrogen) atoms. The number of para-hydroxylation sites is 2. The molecule has 1 saturated carbocycles. The average molecular weight is 669 g/mol. The van der Waals surface area contributed by atoms with Gasteiger partial charge in [-0.2, -0.15) is 0 Å². The van der Waals surface area contributed by atoms with Gasteiger partial charge in [0, 0.05) is 56.3 Å². The van der Waals surface area contributed by atoms with Crippen molar-refractivity contribution >= 4 is 39.7 Å². The fourth-order valence-electron chi connectivity index (χ4n) is 8.42. The number of hydrogen-bond acceptors (Lipinski definition) is 5. The summed E-state index contributed by atoms with van der Waals surface area (Å²) in [5, 5.41) is 24.3. The SMILES string of the molecule is CC1(C)C=C2N=c3ccccc3=C2C(CCCCCO)=C1C=C1C(=O)C(/C=C2/C(CCCCCO)=c3c([nH]c4ccccc34)=CC2(C)C)C1=O. The van der Waals surface area contributed by atoms with Gasteiger partial charge in [0.2, 0.25) is 0 Å². The first-order valence-electron chi connectivity index (χ1n) is 18.3. The summed E-state index contributed by atoms with van der Waals surface area (Å²) >= 11 is 0. The lowest BCUT2D eigenvalue weighted by Gasteiger charge is -2.35. The van der Waals surface area contributed by atoms with E-state index in [-0.39, 0.29) is 30.4 Å². The van der Waals surface area contributed by atoms with Gasteiger partial charge in [0.15, 0.2) is 11.6 Å². The lowest BCUT2D eigenvalue weighted by Crippen LogP contribution is -2.42. The molecule has 3 N–H and O–H groups in total. The summed E-state index contributed by atoms with van der Waals surface area (Å²) in [6.45, 7) is 8.94. The molecule has 0 radical (unpaired) electrons. The molecule has 2 aromatic carbocycles. The number of ketones is 2. The molecule has 3 aromatic rings. The number of allylic oxidation sites excluding steroid dienone is 7. The van der Waals surface area contributed by atoms with Gasteiger partial charge < -0.3 is 15.2 Å². The van der Waals surface area contributed by atoms with Crippen LogP contribution in [0.25, 0.3) is 28.1 Å². The molecule has 258 valence electrons. The van der Waals surface area contributed by atoms with Crippen molar-refractivity contribution in [3.8, 4) is 0 Å². The molecular weight excluding hydrogens is 620 g/mol. The monoisotopic (exact) mass is 668 g/mol. The number of fused-ring (bicyclic) bond motifs is 5. The molecule has 6 heteroatoms. The first-order chi connectivity index (χ1) is 24.1. The number of H-pyrrole nitrogens is 1. The third-order valence-electron chi connectivity index (χ3n) is 10.9. The normalized spacial score (nSPS) is 21.1. The predicted molar refractivity (Wildman–Crippen MR) is 200 cm³/mol. The number of aliphatic hydroxyl groups is 2. The predicted octanol–water partition coefficient (Wildman–Crippen LogP) is 5.57. The van der Waals surface area contributed by atoms with E-state index in [9.17, 15) is 19.8 Å². The van der Waals surface area contributed by atoms with E-state index < -0.39 is 16.7 Å². The Hall–Kier alpha value is -4.39. The van der Waals surface area contributed by atoms with Crippen LogP contribution in [0.15, 0.2) is 99.7 Å². The lowest BCUT2D eigenvalue weighted by atomic mass is 9.67. The Balaban J connectivity index is 1.31. The Morgan fingerprint density at radius 1 is 0.780 bits per heavy atom. The molecule has 1 aliphatic heterocycles. The summed E-state index contributed by atoms with van der Waals surface area (Å²) in [4.78, 5) is 36.8. The van der Waals surface area contributed by atoms with E-state index in [0.717, 1.165) is 111 Å². The van der Waals surface area contributed by atoms with Crippen molar-refractivity contribution in [1.29, 1.82) is 0 Å². The number of aliphatic hydroxyl groups excluding tert-OH is 2. The van der Waals surface area contributed by atoms with E-state index in [1.54, 1.807) is 0 Å². The highest BCUT2D eigenvalue weighted by molar-refractivity contribution is 6.40. The molecule has 0 unspecified atom stereocenters. The third kappa shape index (κ3) is 5.92. The number of unbranched alkanes of at least 4 members (excludes halogenated alkanes) is 4. The largest absolute Gasteiger partial charge is 0.396 e. The summed E-state index contributed by atoms with van der Waals surface area (Å²) < 4.78 is 0. The van der Waals surface area contributed by atoms with Gasteiger partial charge in [-0.05, 0) is 85.1 Å². The molecule has 4 aliphatic rings. The van der Waals surface area contributed by atoms with E-state index in [1.807, 2.05) is 36.4 Å². The molecule has 6 nitrogen and oxygen atoms in total. The van der Waals surface area contributed by atoms with Gasteiger partial charge in [-0.15, -0.1) is 0 Å². The summed E-state index contributed by atoms with van der Waals surface area (Å²) in [6, 6.07) is 16.5. The molecule has 0 saturated heterocycles. The highest BCUT2D eigenvalue weighted by atomic mass is 16.3. The van der Waals surface area contributed by atoms with Crippen LogP contribution in [0, 0.1) is 16.7 Å². The first kappa shape index (κ1) is 34.1. The number of hydrogen-bond donors (Lipinski definition) is 3. The number of carbonyl (C=O) groups is 2. The Labute approximate surface area is 293 Å². The number of rotatable bonds is 12. The number of benzene rings is 2. The van der Waals surface area contributed by atoms with Crippen molar-refractivity contribution in [2.45, 2.75) is 79.1 Å². The Morgan fingerprint density at radius 3 is 2.16 bits per heavy atom. The van der Waals surface area contributed by atoms with Crippen molar-refractivity contribution in [1.82, 2.24) is 4.98 Å². The van der Waals surface area contributed by atoms with Crippen LogP contribution in [0.2, 0.25) is 0 Å². The van der Waals surface area contributed by atoms with Crippen LogP contribution in [0.5, 0.6) is 0 Å². The average Bonchev–Trinajstić information content (AvgIpc) is 3.63. The van der Waals surface area contributed by atoms with Crippen LogP contribution in [0.4, 0.5) is 0 Å². The van der Waals surface area contributed by atoms with Crippen LogP contribution in [-0.4, -0.2) is 40.0 Å². The minimum Gasteiger partial charge on any atom is -0.396 e. The van der Waals surface area contributed by atoms with Crippen LogP contribution in [0.3, 0.4) is 0 Å². The van der Waals surface area contributed by atoms with Crippen molar-refractivity contribution in [2.75, 3.05) is 13.2 Å². The van der Waals surface area contributed by atoms with Gasteiger partial charge in [-0.1, -0.05) is 89.1 Å². The number of carbonyl (C=O) groups excluding carboxylic acids is 2. The smallest absolute Gasteiger partial charge is 0.181 e. The molecule has 3 aliphatic carbocycles. The van der Waals surface area contributed by atoms with E-state index >= 15 is 0 Å². The summed E-state index contributed by atoms with van der Waals surface area (Å²) in [5.41, 5.74) is 6.94. The van der Waals surface area contributed by atoms with Crippen molar-refractivity contribution in [3.05, 3.63) is 116 Å². The molecule has 0 amide bonds. The van der Waals surface area contributed by atoms with E-state index in [0.29, 0.717) is 0 Å². The zero-order valence-corrected chi connectivity index (χ0v) is 29.7. The van der Waals surface area contributed by atoms with E-state index in [1.165, 1.54) is 5.57 Å². The minimum atomic E-state index is -0.815. The number of nitrogens with zero attached hydrogens (tertiary/aromatic N) is 1. The fraction of sp³-hybridized carbons (Fsp3) is 0.386. The maximum Gasteiger partial charge on any atom is 0.181 e. The van der Waals surface area contributed by atoms with Crippen LogP contribution in [0.1, 0.15) is 79.1 Å². The van der Waals surface area contributed by atoms with E-state index in [2.05, 4.69) is 69.1 Å². The zero-order valence-electron chi connectivity index (χ0n) is 29.7. The number of aromatic amines is 1. The molecule has 2 heterocycles. The minimum absolute atomic E-state index is 0.123. The third-order valence-corrected chi connectivity index (χ3v) is 10.9. The van der Waals surface area contributed by atoms with Crippen LogP contribution >= 0.6 is 0 Å². The maximum absolute atomic E-state index is 14.1.